The van der Waals surface area contributed by atoms with E-state index in [0.29, 0.717) is 0 Å². The molecule has 0 fully saturated rings. The Morgan fingerprint density at radius 3 is 0.951 bits per heavy atom. The predicted molar refractivity (Wildman–Crippen MR) is 179 cm³/mol. The lowest BCUT2D eigenvalue weighted by molar-refractivity contribution is -0.0307. The molecule has 0 aromatic heterocycles. The van der Waals surface area contributed by atoms with Gasteiger partial charge in [0.25, 0.3) is 16.6 Å². The van der Waals surface area contributed by atoms with Crippen molar-refractivity contribution in [3.8, 4) is 0 Å². The molecular weight excluding hydrogens is 535 g/mol. The van der Waals surface area contributed by atoms with Gasteiger partial charge in [-0.2, -0.15) is 0 Å². The van der Waals surface area contributed by atoms with E-state index in [1.165, 1.54) is 20.7 Å². The van der Waals surface area contributed by atoms with Crippen molar-refractivity contribution in [3.05, 3.63) is 121 Å². The molecule has 1 atom stereocenters. The van der Waals surface area contributed by atoms with Gasteiger partial charge in [0.05, 0.1) is 6.04 Å². The lowest BCUT2D eigenvalue weighted by Crippen LogP contribution is -2.73. The van der Waals surface area contributed by atoms with Crippen molar-refractivity contribution in [2.24, 2.45) is 5.73 Å². The first-order valence-corrected chi connectivity index (χ1v) is 18.6. The van der Waals surface area contributed by atoms with E-state index >= 15 is 0 Å². The maximum Gasteiger partial charge on any atom is 0.264 e. The molecule has 0 heterocycles. The van der Waals surface area contributed by atoms with Gasteiger partial charge in [0.2, 0.25) is 0 Å². The second-order valence-corrected chi connectivity index (χ2v) is 21.5. The molecule has 216 valence electrons. The average Bonchev–Trinajstić information content (AvgIpc) is 2.97. The first-order chi connectivity index (χ1) is 19.5. The number of benzene rings is 4. The van der Waals surface area contributed by atoms with Crippen molar-refractivity contribution in [2.75, 3.05) is 0 Å². The number of nitrogens with two attached hydrogens (primary N) is 1. The van der Waals surface area contributed by atoms with Crippen LogP contribution in [0.15, 0.2) is 121 Å². The Morgan fingerprint density at radius 2 is 0.756 bits per heavy atom. The molecular formula is C36H47NO2Si2. The van der Waals surface area contributed by atoms with Crippen molar-refractivity contribution in [2.45, 2.75) is 77.3 Å². The SMILES string of the molecule is CCC(N)C(O[Si](c1ccccc1)(c1ccccc1)C(C)(C)C)O[Si](c1ccccc1)(c1ccccc1)C(C)(C)C. The molecule has 2 N–H and O–H groups in total. The van der Waals surface area contributed by atoms with Crippen molar-refractivity contribution in [1.82, 2.24) is 0 Å². The Bertz CT molecular complexity index is 1170. The molecule has 0 bridgehead atoms. The molecule has 4 rings (SSSR count). The van der Waals surface area contributed by atoms with Gasteiger partial charge in [0.1, 0.15) is 0 Å². The summed E-state index contributed by atoms with van der Waals surface area (Å²) in [6, 6.07) is 42.7. The van der Waals surface area contributed by atoms with E-state index in [4.69, 9.17) is 14.6 Å². The number of hydrogen-bond acceptors (Lipinski definition) is 3. The summed E-state index contributed by atoms with van der Waals surface area (Å²) in [5.41, 5.74) is 7.02. The van der Waals surface area contributed by atoms with Crippen molar-refractivity contribution in [1.29, 1.82) is 0 Å². The quantitative estimate of drug-likeness (QED) is 0.179. The second kappa shape index (κ2) is 12.6. The third kappa shape index (κ3) is 6.06. The molecule has 0 saturated heterocycles. The lowest BCUT2D eigenvalue weighted by Gasteiger charge is -2.50. The third-order valence-corrected chi connectivity index (χ3v) is 18.2. The van der Waals surface area contributed by atoms with Crippen LogP contribution >= 0.6 is 0 Å². The van der Waals surface area contributed by atoms with E-state index in [0.717, 1.165) is 6.42 Å². The zero-order chi connectivity index (χ0) is 29.7. The van der Waals surface area contributed by atoms with Crippen LogP contribution < -0.4 is 26.5 Å². The van der Waals surface area contributed by atoms with Gasteiger partial charge in [-0.3, -0.25) is 0 Å². The number of rotatable bonds is 10. The van der Waals surface area contributed by atoms with Crippen molar-refractivity contribution >= 4 is 37.4 Å². The smallest absolute Gasteiger partial charge is 0.264 e. The minimum atomic E-state index is -2.93. The van der Waals surface area contributed by atoms with E-state index in [2.05, 4.69) is 170 Å². The van der Waals surface area contributed by atoms with Gasteiger partial charge in [-0.1, -0.05) is 170 Å². The summed E-state index contributed by atoms with van der Waals surface area (Å²) in [6.07, 6.45) is 0.124. The largest absolute Gasteiger partial charge is 0.382 e. The fourth-order valence-electron chi connectivity index (χ4n) is 6.12. The Kier molecular flexibility index (Phi) is 9.57. The van der Waals surface area contributed by atoms with Gasteiger partial charge in [-0.25, -0.2) is 0 Å². The highest BCUT2D eigenvalue weighted by atomic mass is 28.4. The monoisotopic (exact) mass is 581 g/mol. The maximum atomic E-state index is 7.65. The normalized spacial score (nSPS) is 13.8. The van der Waals surface area contributed by atoms with Crippen LogP contribution in [0.3, 0.4) is 0 Å². The van der Waals surface area contributed by atoms with Crippen LogP contribution in [0.2, 0.25) is 10.1 Å². The molecule has 0 aliphatic heterocycles. The van der Waals surface area contributed by atoms with Gasteiger partial charge in [0, 0.05) is 0 Å². The minimum absolute atomic E-state index is 0.198. The van der Waals surface area contributed by atoms with Crippen LogP contribution in [-0.4, -0.2) is 29.0 Å². The molecule has 0 spiro atoms. The first kappa shape index (κ1) is 31.1. The van der Waals surface area contributed by atoms with Gasteiger partial charge in [0.15, 0.2) is 6.29 Å². The zero-order valence-electron chi connectivity index (χ0n) is 25.8. The highest BCUT2D eigenvalue weighted by Gasteiger charge is 2.56. The van der Waals surface area contributed by atoms with Gasteiger partial charge in [-0.15, -0.1) is 0 Å². The molecule has 1 unspecified atom stereocenters. The summed E-state index contributed by atoms with van der Waals surface area (Å²) < 4.78 is 15.3. The van der Waals surface area contributed by atoms with Crippen LogP contribution in [0, 0.1) is 0 Å². The summed E-state index contributed by atoms with van der Waals surface area (Å²) in [4.78, 5) is 0. The third-order valence-electron chi connectivity index (χ3n) is 8.24. The van der Waals surface area contributed by atoms with Crippen LogP contribution in [0.1, 0.15) is 54.9 Å². The molecule has 0 aliphatic rings. The van der Waals surface area contributed by atoms with E-state index < -0.39 is 22.9 Å². The summed E-state index contributed by atoms with van der Waals surface area (Å²) in [6.45, 7) is 15.9. The maximum absolute atomic E-state index is 7.65. The van der Waals surface area contributed by atoms with E-state index in [9.17, 15) is 0 Å². The highest BCUT2D eigenvalue weighted by Crippen LogP contribution is 2.41. The minimum Gasteiger partial charge on any atom is -0.382 e. The highest BCUT2D eigenvalue weighted by molar-refractivity contribution is 7.00. The fraction of sp³-hybridized carbons (Fsp3) is 0.333. The molecule has 0 radical (unpaired) electrons. The van der Waals surface area contributed by atoms with Crippen LogP contribution in [0.25, 0.3) is 0 Å². The Labute approximate surface area is 250 Å². The Morgan fingerprint density at radius 1 is 0.512 bits per heavy atom. The van der Waals surface area contributed by atoms with E-state index in [-0.39, 0.29) is 16.1 Å². The van der Waals surface area contributed by atoms with Gasteiger partial charge >= 0.3 is 0 Å². The molecule has 41 heavy (non-hydrogen) atoms. The predicted octanol–water partition coefficient (Wildman–Crippen LogP) is 6.20. The summed E-state index contributed by atoms with van der Waals surface area (Å²) in [5.74, 6) is 0. The molecule has 4 aromatic carbocycles. The molecule has 3 nitrogen and oxygen atoms in total. The Hall–Kier alpha value is -2.81. The van der Waals surface area contributed by atoms with E-state index in [1.807, 2.05) is 0 Å². The molecule has 5 heteroatoms. The van der Waals surface area contributed by atoms with Crippen LogP contribution in [0.5, 0.6) is 0 Å². The van der Waals surface area contributed by atoms with E-state index in [1.54, 1.807) is 0 Å². The fourth-order valence-corrected chi connectivity index (χ4v) is 15.4. The van der Waals surface area contributed by atoms with Crippen LogP contribution in [-0.2, 0) is 8.85 Å². The summed E-state index contributed by atoms with van der Waals surface area (Å²) in [7, 11) is -5.87. The zero-order valence-corrected chi connectivity index (χ0v) is 27.8. The van der Waals surface area contributed by atoms with Crippen molar-refractivity contribution < 1.29 is 8.85 Å². The van der Waals surface area contributed by atoms with Crippen LogP contribution in [0.4, 0.5) is 0 Å². The lowest BCUT2D eigenvalue weighted by atomic mass is 10.2. The molecule has 4 aromatic rings. The Balaban J connectivity index is 1.99. The molecule has 0 amide bonds. The topological polar surface area (TPSA) is 44.5 Å². The summed E-state index contributed by atoms with van der Waals surface area (Å²) in [5, 5.41) is 4.49. The number of hydrogen-bond donors (Lipinski definition) is 1. The molecule has 0 aliphatic carbocycles. The van der Waals surface area contributed by atoms with Gasteiger partial charge < -0.3 is 14.6 Å². The van der Waals surface area contributed by atoms with Crippen molar-refractivity contribution in [3.63, 3.8) is 0 Å². The summed E-state index contributed by atoms with van der Waals surface area (Å²) >= 11 is 0. The molecule has 0 saturated carbocycles. The van der Waals surface area contributed by atoms with Gasteiger partial charge in [-0.05, 0) is 37.2 Å². The first-order valence-electron chi connectivity index (χ1n) is 14.8. The average molecular weight is 582 g/mol. The second-order valence-electron chi connectivity index (χ2n) is 13.0. The standard InChI is InChI=1S/C36H47NO2Si2/c1-8-33(37)34(38-40(35(2,3)4,29-21-13-9-14-22-29)30-23-15-10-16-24-30)39-41(36(5,6)7,31-25-17-11-18-26-31)32-27-19-12-20-28-32/h9-28,33-34H,8,37H2,1-7H3.